The van der Waals surface area contributed by atoms with Crippen molar-refractivity contribution in [2.24, 2.45) is 0 Å². The molecule has 0 unspecified atom stereocenters. The first-order valence-corrected chi connectivity index (χ1v) is 14.5. The maximum Gasteiger partial charge on any atom is 0.162 e. The van der Waals surface area contributed by atoms with Gasteiger partial charge in [-0.2, -0.15) is 0 Å². The average Bonchev–Trinajstić information content (AvgIpc) is 2.77. The van der Waals surface area contributed by atoms with Crippen LogP contribution in [0.1, 0.15) is 166 Å². The molecule has 3 heteroatoms. The maximum absolute atomic E-state index is 13.0. The molecule has 1 aromatic carbocycles. The molecular weight excluding hydrogens is 432 g/mol. The van der Waals surface area contributed by atoms with Crippen molar-refractivity contribution in [2.45, 2.75) is 155 Å². The standard InChI is InChI=1S/C32H56O3/c1-31(2,3)27-24-26(25-28(30(27)35)32(4,5)6)29(34)22-20-18-16-14-12-10-8-7-9-11-13-15-17-19-21-23-33/h24-25,33,35H,7-23H2,1-6H3. The predicted octanol–water partition coefficient (Wildman–Crippen LogP) is 9.40. The topological polar surface area (TPSA) is 57.5 Å². The fourth-order valence-electron chi connectivity index (χ4n) is 4.78. The molecule has 1 aromatic rings. The first kappa shape index (κ1) is 31.7. The van der Waals surface area contributed by atoms with Gasteiger partial charge < -0.3 is 10.2 Å². The Labute approximate surface area is 217 Å². The third kappa shape index (κ3) is 13.0. The molecule has 1 rings (SSSR count). The summed E-state index contributed by atoms with van der Waals surface area (Å²) in [5, 5.41) is 19.7. The highest BCUT2D eigenvalue weighted by Gasteiger charge is 2.27. The molecule has 0 aliphatic heterocycles. The minimum absolute atomic E-state index is 0.203. The Morgan fingerprint density at radius 1 is 0.600 bits per heavy atom. The van der Waals surface area contributed by atoms with Crippen LogP contribution in [0.3, 0.4) is 0 Å². The van der Waals surface area contributed by atoms with Crippen molar-refractivity contribution in [1.82, 2.24) is 0 Å². The van der Waals surface area contributed by atoms with E-state index in [0.717, 1.165) is 36.0 Å². The lowest BCUT2D eigenvalue weighted by Gasteiger charge is -2.28. The van der Waals surface area contributed by atoms with Crippen molar-refractivity contribution in [3.63, 3.8) is 0 Å². The zero-order valence-corrected chi connectivity index (χ0v) is 24.0. The molecule has 0 aliphatic rings. The van der Waals surface area contributed by atoms with Gasteiger partial charge in [0, 0.05) is 29.7 Å². The minimum atomic E-state index is -0.207. The summed E-state index contributed by atoms with van der Waals surface area (Å²) in [5.74, 6) is 0.546. The molecule has 35 heavy (non-hydrogen) atoms. The molecule has 0 aliphatic carbocycles. The third-order valence-electron chi connectivity index (χ3n) is 7.11. The molecule has 3 nitrogen and oxygen atoms in total. The number of carbonyl (C=O) groups is 1. The number of ketones is 1. The van der Waals surface area contributed by atoms with E-state index in [0.29, 0.717) is 18.8 Å². The molecule has 0 saturated carbocycles. The average molecular weight is 489 g/mol. The van der Waals surface area contributed by atoms with Crippen LogP contribution in [0, 0.1) is 0 Å². The summed E-state index contributed by atoms with van der Waals surface area (Å²) in [6, 6.07) is 3.84. The van der Waals surface area contributed by atoms with E-state index in [-0.39, 0.29) is 16.6 Å². The Balaban J connectivity index is 2.24. The van der Waals surface area contributed by atoms with Crippen molar-refractivity contribution < 1.29 is 15.0 Å². The predicted molar refractivity (Wildman–Crippen MR) is 151 cm³/mol. The lowest BCUT2D eigenvalue weighted by Crippen LogP contribution is -2.18. The largest absolute Gasteiger partial charge is 0.507 e. The van der Waals surface area contributed by atoms with E-state index in [4.69, 9.17) is 5.11 Å². The molecule has 0 saturated heterocycles. The van der Waals surface area contributed by atoms with Gasteiger partial charge in [0.2, 0.25) is 0 Å². The number of aliphatic hydroxyl groups is 1. The van der Waals surface area contributed by atoms with E-state index in [1.54, 1.807) is 0 Å². The fraction of sp³-hybridized carbons (Fsp3) is 0.781. The highest BCUT2D eigenvalue weighted by Crippen LogP contribution is 2.40. The summed E-state index contributed by atoms with van der Waals surface area (Å²) in [7, 11) is 0. The Morgan fingerprint density at radius 2 is 0.914 bits per heavy atom. The lowest BCUT2D eigenvalue weighted by atomic mass is 9.78. The van der Waals surface area contributed by atoms with Gasteiger partial charge in [-0.25, -0.2) is 0 Å². The SMILES string of the molecule is CC(C)(C)c1cc(C(=O)CCCCCCCCCCCCCCCCCO)cc(C(C)(C)C)c1O. The van der Waals surface area contributed by atoms with Crippen molar-refractivity contribution in [1.29, 1.82) is 0 Å². The number of aliphatic hydroxyl groups excluding tert-OH is 1. The number of phenolic OH excluding ortho intramolecular Hbond substituents is 1. The van der Waals surface area contributed by atoms with Gasteiger partial charge in [0.25, 0.3) is 0 Å². The van der Waals surface area contributed by atoms with Crippen LogP contribution < -0.4 is 0 Å². The number of phenols is 1. The van der Waals surface area contributed by atoms with Gasteiger partial charge in [0.15, 0.2) is 5.78 Å². The van der Waals surface area contributed by atoms with E-state index < -0.39 is 0 Å². The third-order valence-corrected chi connectivity index (χ3v) is 7.11. The van der Waals surface area contributed by atoms with Crippen molar-refractivity contribution in [2.75, 3.05) is 6.61 Å². The number of hydrogen-bond acceptors (Lipinski definition) is 3. The lowest BCUT2D eigenvalue weighted by molar-refractivity contribution is 0.0978. The molecule has 0 heterocycles. The van der Waals surface area contributed by atoms with Gasteiger partial charge in [0.05, 0.1) is 0 Å². The highest BCUT2D eigenvalue weighted by molar-refractivity contribution is 5.96. The second-order valence-electron chi connectivity index (χ2n) is 12.6. The molecular formula is C32H56O3. The zero-order chi connectivity index (χ0) is 26.3. The fourth-order valence-corrected chi connectivity index (χ4v) is 4.78. The number of benzene rings is 1. The quantitative estimate of drug-likeness (QED) is 0.160. The molecule has 0 atom stereocenters. The summed E-state index contributed by atoms with van der Waals surface area (Å²) in [5.41, 5.74) is 2.07. The normalized spacial score (nSPS) is 12.3. The zero-order valence-electron chi connectivity index (χ0n) is 24.0. The van der Waals surface area contributed by atoms with Gasteiger partial charge in [-0.05, 0) is 35.8 Å². The van der Waals surface area contributed by atoms with Crippen LogP contribution in [0.25, 0.3) is 0 Å². The Morgan fingerprint density at radius 3 is 1.23 bits per heavy atom. The number of rotatable bonds is 18. The summed E-state index contributed by atoms with van der Waals surface area (Å²) in [6.45, 7) is 12.9. The molecule has 0 amide bonds. The van der Waals surface area contributed by atoms with Gasteiger partial charge in [-0.1, -0.05) is 125 Å². The maximum atomic E-state index is 13.0. The van der Waals surface area contributed by atoms with Gasteiger partial charge in [-0.15, -0.1) is 0 Å². The summed E-state index contributed by atoms with van der Waals surface area (Å²) < 4.78 is 0. The summed E-state index contributed by atoms with van der Waals surface area (Å²) in [4.78, 5) is 13.0. The highest BCUT2D eigenvalue weighted by atomic mass is 16.3. The van der Waals surface area contributed by atoms with E-state index in [1.807, 2.05) is 12.1 Å². The Kier molecular flexibility index (Phi) is 14.8. The van der Waals surface area contributed by atoms with E-state index >= 15 is 0 Å². The van der Waals surface area contributed by atoms with E-state index in [2.05, 4.69) is 41.5 Å². The van der Waals surface area contributed by atoms with Crippen molar-refractivity contribution in [3.05, 3.63) is 28.8 Å². The molecule has 202 valence electrons. The number of unbranched alkanes of at least 4 members (excludes halogenated alkanes) is 14. The van der Waals surface area contributed by atoms with Crippen LogP contribution in [-0.2, 0) is 10.8 Å². The van der Waals surface area contributed by atoms with E-state index in [9.17, 15) is 9.90 Å². The second-order valence-corrected chi connectivity index (χ2v) is 12.6. The Hall–Kier alpha value is -1.35. The van der Waals surface area contributed by atoms with Gasteiger partial charge in [0.1, 0.15) is 5.75 Å². The molecule has 0 spiro atoms. The van der Waals surface area contributed by atoms with E-state index in [1.165, 1.54) is 77.0 Å². The first-order valence-electron chi connectivity index (χ1n) is 14.5. The van der Waals surface area contributed by atoms with Crippen LogP contribution in [0.15, 0.2) is 12.1 Å². The van der Waals surface area contributed by atoms with Crippen LogP contribution in [0.2, 0.25) is 0 Å². The second kappa shape index (κ2) is 16.4. The summed E-state index contributed by atoms with van der Waals surface area (Å²) >= 11 is 0. The smallest absolute Gasteiger partial charge is 0.162 e. The van der Waals surface area contributed by atoms with Crippen LogP contribution in [0.5, 0.6) is 5.75 Å². The van der Waals surface area contributed by atoms with Gasteiger partial charge in [-0.3, -0.25) is 4.79 Å². The molecule has 2 N–H and O–H groups in total. The number of aromatic hydroxyl groups is 1. The van der Waals surface area contributed by atoms with Crippen molar-refractivity contribution >= 4 is 5.78 Å². The molecule has 0 radical (unpaired) electrons. The molecule has 0 fully saturated rings. The minimum Gasteiger partial charge on any atom is -0.507 e. The molecule has 0 aromatic heterocycles. The monoisotopic (exact) mass is 488 g/mol. The van der Waals surface area contributed by atoms with Crippen molar-refractivity contribution in [3.8, 4) is 5.75 Å². The number of Topliss-reactive ketones (excluding diaryl/α,β-unsaturated/α-hetero) is 1. The Bertz CT molecular complexity index is 686. The number of carbonyl (C=O) groups excluding carboxylic acids is 1. The van der Waals surface area contributed by atoms with Crippen LogP contribution in [0.4, 0.5) is 0 Å². The van der Waals surface area contributed by atoms with Crippen LogP contribution >= 0.6 is 0 Å². The molecule has 0 bridgehead atoms. The summed E-state index contributed by atoms with van der Waals surface area (Å²) in [6.07, 6.45) is 19.4. The first-order chi connectivity index (χ1) is 16.5. The van der Waals surface area contributed by atoms with Gasteiger partial charge >= 0.3 is 0 Å². The number of hydrogen-bond donors (Lipinski definition) is 2. The van der Waals surface area contributed by atoms with Crippen LogP contribution in [-0.4, -0.2) is 22.6 Å².